The highest BCUT2D eigenvalue weighted by Crippen LogP contribution is 2.20. The number of halogens is 2. The van der Waals surface area contributed by atoms with E-state index in [-0.39, 0.29) is 30.7 Å². The number of para-hydroxylation sites is 1. The number of pyridine rings is 1. The van der Waals surface area contributed by atoms with E-state index >= 15 is 0 Å². The molecule has 2 aromatic rings. The summed E-state index contributed by atoms with van der Waals surface area (Å²) in [5, 5.41) is 11.3. The molecule has 0 bridgehead atoms. The first-order valence-electron chi connectivity index (χ1n) is 7.25. The number of aromatic nitrogens is 1. The number of nitrogens with two attached hydrogens (primary N) is 1. The lowest BCUT2D eigenvalue weighted by Crippen LogP contribution is -2.46. The second kappa shape index (κ2) is 8.45. The van der Waals surface area contributed by atoms with Gasteiger partial charge in [0.15, 0.2) is 0 Å². The molecular weight excluding hydrogens is 337 g/mol. The molecule has 126 valence electrons. The largest absolute Gasteiger partial charge is 0.385 e. The summed E-state index contributed by atoms with van der Waals surface area (Å²) in [5.41, 5.74) is 7.16. The van der Waals surface area contributed by atoms with Gasteiger partial charge in [0, 0.05) is 18.5 Å². The van der Waals surface area contributed by atoms with Gasteiger partial charge >= 0.3 is 0 Å². The highest BCUT2D eigenvalue weighted by atomic mass is 35.5. The molecule has 5 nitrogen and oxygen atoms in total. The van der Waals surface area contributed by atoms with Crippen molar-refractivity contribution in [1.29, 1.82) is 0 Å². The molecule has 0 aliphatic carbocycles. The third-order valence-corrected chi connectivity index (χ3v) is 3.97. The maximum Gasteiger partial charge on any atom is 0.242 e. The van der Waals surface area contributed by atoms with Crippen LogP contribution in [0.25, 0.3) is 10.9 Å². The molecule has 0 saturated carbocycles. The summed E-state index contributed by atoms with van der Waals surface area (Å²) in [6.07, 6.45) is 0.925. The van der Waals surface area contributed by atoms with Gasteiger partial charge in [-0.1, -0.05) is 24.3 Å². The Bertz CT molecular complexity index is 663. The Balaban J connectivity index is 0.00000132. The summed E-state index contributed by atoms with van der Waals surface area (Å²) in [5.74, 6) is -0.199. The van der Waals surface area contributed by atoms with Crippen molar-refractivity contribution in [2.24, 2.45) is 5.73 Å². The number of hydrogen-bond acceptors (Lipinski definition) is 4. The molecule has 0 radical (unpaired) electrons. The number of aliphatic hydroxyl groups excluding tert-OH is 1. The molecule has 0 spiro atoms. The quantitative estimate of drug-likeness (QED) is 0.880. The number of nitrogens with zero attached hydrogens (tertiary/aromatic N) is 2. The van der Waals surface area contributed by atoms with Crippen LogP contribution < -0.4 is 5.73 Å². The summed E-state index contributed by atoms with van der Waals surface area (Å²) < 4.78 is 0. The lowest BCUT2D eigenvalue weighted by molar-refractivity contribution is -0.134. The second-order valence-corrected chi connectivity index (χ2v) is 5.43. The first-order valence-corrected chi connectivity index (χ1v) is 7.25. The summed E-state index contributed by atoms with van der Waals surface area (Å²) in [4.78, 5) is 18.4. The van der Waals surface area contributed by atoms with E-state index in [4.69, 9.17) is 5.73 Å². The number of carbonyl (C=O) groups is 1. The van der Waals surface area contributed by atoms with Crippen molar-refractivity contribution in [3.8, 4) is 0 Å². The summed E-state index contributed by atoms with van der Waals surface area (Å²) in [7, 11) is 0. The Morgan fingerprint density at radius 3 is 2.48 bits per heavy atom. The van der Waals surface area contributed by atoms with Gasteiger partial charge in [0.05, 0.1) is 11.2 Å². The molecule has 3 N–H and O–H groups in total. The van der Waals surface area contributed by atoms with Crippen molar-refractivity contribution >= 4 is 41.6 Å². The number of hydrogen-bond donors (Lipinski definition) is 2. The Kier molecular flexibility index (Phi) is 7.22. The van der Waals surface area contributed by atoms with E-state index < -0.39 is 12.1 Å². The van der Waals surface area contributed by atoms with Crippen LogP contribution in [0.1, 0.15) is 24.6 Å². The van der Waals surface area contributed by atoms with Crippen molar-refractivity contribution < 1.29 is 9.90 Å². The zero-order valence-corrected chi connectivity index (χ0v) is 14.2. The van der Waals surface area contributed by atoms with Crippen LogP contribution in [0.4, 0.5) is 0 Å². The van der Waals surface area contributed by atoms with Gasteiger partial charge in [0.2, 0.25) is 5.91 Å². The molecule has 2 atom stereocenters. The van der Waals surface area contributed by atoms with E-state index in [2.05, 4.69) is 4.98 Å². The maximum absolute atomic E-state index is 12.2. The molecule has 7 heteroatoms. The molecule has 1 fully saturated rings. The molecule has 1 aromatic heterocycles. The van der Waals surface area contributed by atoms with E-state index in [0.717, 1.165) is 36.8 Å². The van der Waals surface area contributed by atoms with Crippen molar-refractivity contribution in [2.45, 2.75) is 25.0 Å². The topological polar surface area (TPSA) is 79.5 Å². The molecule has 1 amide bonds. The van der Waals surface area contributed by atoms with Gasteiger partial charge < -0.3 is 15.7 Å². The van der Waals surface area contributed by atoms with E-state index in [1.54, 1.807) is 11.0 Å². The van der Waals surface area contributed by atoms with Gasteiger partial charge in [-0.2, -0.15) is 0 Å². The lowest BCUT2D eigenvalue weighted by atomic mass is 10.1. The smallest absolute Gasteiger partial charge is 0.242 e. The van der Waals surface area contributed by atoms with E-state index in [1.807, 2.05) is 30.3 Å². The third kappa shape index (κ3) is 4.12. The van der Waals surface area contributed by atoms with Gasteiger partial charge in [-0.3, -0.25) is 4.79 Å². The Labute approximate surface area is 147 Å². The number of aliphatic hydroxyl groups is 1. The van der Waals surface area contributed by atoms with Gasteiger partial charge in [0.1, 0.15) is 12.1 Å². The maximum atomic E-state index is 12.2. The van der Waals surface area contributed by atoms with E-state index in [9.17, 15) is 9.90 Å². The zero-order valence-electron chi connectivity index (χ0n) is 12.6. The SMILES string of the molecule is Cl.Cl.NC(C(=O)N1CCCC1)C(O)c1ccc2ccccc2n1. The highest BCUT2D eigenvalue weighted by molar-refractivity contribution is 5.85. The van der Waals surface area contributed by atoms with Gasteiger partial charge in [-0.05, 0) is 25.0 Å². The van der Waals surface area contributed by atoms with Crippen molar-refractivity contribution in [2.75, 3.05) is 13.1 Å². The standard InChI is InChI=1S/C16H19N3O2.2ClH/c17-14(16(21)19-9-3-4-10-19)15(20)13-8-7-11-5-1-2-6-12(11)18-13;;/h1-2,5-8,14-15,20H,3-4,9-10,17H2;2*1H. The second-order valence-electron chi connectivity index (χ2n) is 5.43. The molecule has 1 saturated heterocycles. The fourth-order valence-electron chi connectivity index (χ4n) is 2.71. The van der Waals surface area contributed by atoms with Crippen LogP contribution in [-0.4, -0.2) is 40.0 Å². The van der Waals surface area contributed by atoms with Gasteiger partial charge in [-0.15, -0.1) is 24.8 Å². The Morgan fingerprint density at radius 2 is 1.78 bits per heavy atom. The molecule has 3 rings (SSSR count). The molecule has 1 aliphatic rings. The van der Waals surface area contributed by atoms with Crippen LogP contribution in [0.2, 0.25) is 0 Å². The fraction of sp³-hybridized carbons (Fsp3) is 0.375. The minimum atomic E-state index is -1.08. The average Bonchev–Trinajstić information content (AvgIpc) is 3.06. The molecule has 2 unspecified atom stereocenters. The van der Waals surface area contributed by atoms with E-state index in [0.29, 0.717) is 5.69 Å². The minimum Gasteiger partial charge on any atom is -0.385 e. The number of benzene rings is 1. The predicted octanol–water partition coefficient (Wildman–Crippen LogP) is 2.06. The molecule has 1 aliphatic heterocycles. The Hall–Kier alpha value is -1.40. The van der Waals surface area contributed by atoms with Crippen LogP contribution in [0.3, 0.4) is 0 Å². The lowest BCUT2D eigenvalue weighted by Gasteiger charge is -2.23. The van der Waals surface area contributed by atoms with Crippen LogP contribution >= 0.6 is 24.8 Å². The van der Waals surface area contributed by atoms with E-state index in [1.165, 1.54) is 0 Å². The zero-order chi connectivity index (χ0) is 14.8. The summed E-state index contributed by atoms with van der Waals surface area (Å²) in [6, 6.07) is 10.3. The van der Waals surface area contributed by atoms with Crippen LogP contribution in [0, 0.1) is 0 Å². The summed E-state index contributed by atoms with van der Waals surface area (Å²) in [6.45, 7) is 1.45. The number of amides is 1. The first kappa shape index (κ1) is 19.6. The van der Waals surface area contributed by atoms with Crippen LogP contribution in [-0.2, 0) is 4.79 Å². The molecular formula is C16H21Cl2N3O2. The van der Waals surface area contributed by atoms with Crippen LogP contribution in [0.15, 0.2) is 36.4 Å². The normalized spacial score (nSPS) is 16.3. The average molecular weight is 358 g/mol. The monoisotopic (exact) mass is 357 g/mol. The highest BCUT2D eigenvalue weighted by Gasteiger charge is 2.30. The van der Waals surface area contributed by atoms with Gasteiger partial charge in [-0.25, -0.2) is 4.98 Å². The first-order chi connectivity index (χ1) is 10.2. The minimum absolute atomic E-state index is 0. The van der Waals surface area contributed by atoms with Crippen molar-refractivity contribution in [3.63, 3.8) is 0 Å². The van der Waals surface area contributed by atoms with Crippen molar-refractivity contribution in [3.05, 3.63) is 42.1 Å². The molecule has 2 heterocycles. The molecule has 1 aromatic carbocycles. The number of likely N-dealkylation sites (tertiary alicyclic amines) is 1. The van der Waals surface area contributed by atoms with Crippen molar-refractivity contribution in [1.82, 2.24) is 9.88 Å². The Morgan fingerprint density at radius 1 is 1.13 bits per heavy atom. The van der Waals surface area contributed by atoms with Crippen LogP contribution in [0.5, 0.6) is 0 Å². The fourth-order valence-corrected chi connectivity index (χ4v) is 2.71. The third-order valence-electron chi connectivity index (χ3n) is 3.97. The molecule has 23 heavy (non-hydrogen) atoms. The summed E-state index contributed by atoms with van der Waals surface area (Å²) >= 11 is 0. The number of rotatable bonds is 3. The van der Waals surface area contributed by atoms with Gasteiger partial charge in [0.25, 0.3) is 0 Å². The number of fused-ring (bicyclic) bond motifs is 1. The number of carbonyl (C=O) groups excluding carboxylic acids is 1. The predicted molar refractivity (Wildman–Crippen MR) is 95.0 cm³/mol.